The van der Waals surface area contributed by atoms with Crippen molar-refractivity contribution in [3.05, 3.63) is 65.2 Å². The Morgan fingerprint density at radius 1 is 1.12 bits per heavy atom. The Labute approximate surface area is 146 Å². The largest absolute Gasteiger partial charge is 0.273 e. The molecule has 0 aliphatic carbocycles. The third-order valence-electron chi connectivity index (χ3n) is 3.45. The van der Waals surface area contributed by atoms with Gasteiger partial charge in [0.2, 0.25) is 5.91 Å². The van der Waals surface area contributed by atoms with Gasteiger partial charge < -0.3 is 0 Å². The fourth-order valence-corrected chi connectivity index (χ4v) is 3.41. The average molecular weight is 368 g/mol. The van der Waals surface area contributed by atoms with Gasteiger partial charge in [0.25, 0.3) is 9.05 Å². The summed E-state index contributed by atoms with van der Waals surface area (Å²) in [6, 6.07) is 14.3. The maximum atomic E-state index is 11.9. The van der Waals surface area contributed by atoms with Gasteiger partial charge in [0.05, 0.1) is 4.90 Å². The number of carbonyl (C=O) groups excluding carboxylic acids is 1. The van der Waals surface area contributed by atoms with Gasteiger partial charge in [-0.2, -0.15) is 0 Å². The molecule has 2 aromatic carbocycles. The van der Waals surface area contributed by atoms with E-state index in [9.17, 15) is 13.2 Å². The topological polar surface area (TPSA) is 72.5 Å². The molecule has 24 heavy (non-hydrogen) atoms. The number of halogens is 1. The van der Waals surface area contributed by atoms with Crippen molar-refractivity contribution in [3.63, 3.8) is 0 Å². The van der Waals surface area contributed by atoms with Crippen molar-refractivity contribution in [2.75, 3.05) is 0 Å². The van der Waals surface area contributed by atoms with Crippen LogP contribution in [0.1, 0.15) is 30.0 Å². The third-order valence-corrected chi connectivity index (χ3v) is 4.86. The number of amides is 1. The van der Waals surface area contributed by atoms with Gasteiger partial charge in [-0.05, 0) is 29.2 Å². The van der Waals surface area contributed by atoms with Gasteiger partial charge >= 0.3 is 0 Å². The fraction of sp³-hybridized carbons (Fsp3) is 0.235. The van der Waals surface area contributed by atoms with Crippen LogP contribution in [0.2, 0.25) is 0 Å². The molecule has 0 aliphatic heterocycles. The van der Waals surface area contributed by atoms with Crippen molar-refractivity contribution < 1.29 is 18.0 Å². The highest BCUT2D eigenvalue weighted by atomic mass is 35.7. The molecule has 1 N–H and O–H groups in total. The van der Waals surface area contributed by atoms with Gasteiger partial charge in [-0.1, -0.05) is 49.4 Å². The Balaban J connectivity index is 2.33. The number of hydrogen-bond acceptors (Lipinski definition) is 4. The summed E-state index contributed by atoms with van der Waals surface area (Å²) < 4.78 is 23.8. The van der Waals surface area contributed by atoms with Crippen molar-refractivity contribution >= 4 is 25.6 Å². The van der Waals surface area contributed by atoms with Gasteiger partial charge in [-0.3, -0.25) is 9.63 Å². The molecule has 0 heterocycles. The number of carbonyl (C=O) groups is 1. The molecule has 0 bridgehead atoms. The molecule has 128 valence electrons. The monoisotopic (exact) mass is 367 g/mol. The van der Waals surface area contributed by atoms with E-state index in [2.05, 4.69) is 5.48 Å². The number of rotatable bonds is 7. The van der Waals surface area contributed by atoms with Crippen LogP contribution in [-0.2, 0) is 31.7 Å². The van der Waals surface area contributed by atoms with Crippen LogP contribution in [0, 0.1) is 0 Å². The number of hydroxylamine groups is 1. The molecule has 0 saturated carbocycles. The molecule has 0 saturated heterocycles. The molecule has 0 aliphatic rings. The van der Waals surface area contributed by atoms with Crippen molar-refractivity contribution in [1.82, 2.24) is 5.48 Å². The highest BCUT2D eigenvalue weighted by Crippen LogP contribution is 2.26. The third kappa shape index (κ3) is 5.06. The lowest BCUT2D eigenvalue weighted by atomic mass is 10.00. The lowest BCUT2D eigenvalue weighted by molar-refractivity contribution is -0.134. The first-order valence-corrected chi connectivity index (χ1v) is 9.72. The van der Waals surface area contributed by atoms with Gasteiger partial charge in [-0.25, -0.2) is 13.9 Å². The fourth-order valence-electron chi connectivity index (χ4n) is 2.24. The minimum atomic E-state index is -3.89. The highest BCUT2D eigenvalue weighted by Gasteiger charge is 2.19. The lowest BCUT2D eigenvalue weighted by Gasteiger charge is -2.14. The summed E-state index contributed by atoms with van der Waals surface area (Å²) in [5.41, 5.74) is 4.47. The van der Waals surface area contributed by atoms with Crippen LogP contribution in [0.3, 0.4) is 0 Å². The maximum absolute atomic E-state index is 11.9. The zero-order valence-corrected chi connectivity index (χ0v) is 14.7. The molecule has 0 aromatic heterocycles. The predicted molar refractivity (Wildman–Crippen MR) is 92.0 cm³/mol. The molecular formula is C17H18ClNO4S. The summed E-state index contributed by atoms with van der Waals surface area (Å²) in [6.07, 6.45) is 0.691. The standard InChI is InChI=1S/C17H18ClNO4S/c1-2-17(20)19-23-12-14-9-6-10-16(24(18,21)22)15(14)11-13-7-4-3-5-8-13/h3-10H,2,11-12H2,1H3,(H,19,20). The number of benzene rings is 2. The van der Waals surface area contributed by atoms with Crippen LogP contribution in [0.15, 0.2) is 53.4 Å². The van der Waals surface area contributed by atoms with Gasteiger partial charge in [0, 0.05) is 17.1 Å². The molecule has 0 atom stereocenters. The van der Waals surface area contributed by atoms with E-state index in [1.807, 2.05) is 30.3 Å². The molecule has 2 rings (SSSR count). The molecular weight excluding hydrogens is 350 g/mol. The van der Waals surface area contributed by atoms with E-state index >= 15 is 0 Å². The molecule has 0 radical (unpaired) electrons. The van der Waals surface area contributed by atoms with E-state index in [1.165, 1.54) is 6.07 Å². The van der Waals surface area contributed by atoms with Crippen LogP contribution in [0.4, 0.5) is 0 Å². The van der Waals surface area contributed by atoms with Crippen LogP contribution in [0.25, 0.3) is 0 Å². The smallest absolute Gasteiger partial charge is 0.261 e. The number of hydrogen-bond donors (Lipinski definition) is 1. The second kappa shape index (κ2) is 8.28. The zero-order chi connectivity index (χ0) is 17.6. The first-order valence-electron chi connectivity index (χ1n) is 7.41. The Morgan fingerprint density at radius 2 is 1.83 bits per heavy atom. The van der Waals surface area contributed by atoms with Gasteiger partial charge in [-0.15, -0.1) is 0 Å². The molecule has 0 unspecified atom stereocenters. The van der Waals surface area contributed by atoms with E-state index in [-0.39, 0.29) is 17.4 Å². The Morgan fingerprint density at radius 3 is 2.46 bits per heavy atom. The molecule has 1 amide bonds. The van der Waals surface area contributed by atoms with E-state index < -0.39 is 9.05 Å². The summed E-state index contributed by atoms with van der Waals surface area (Å²) in [6.45, 7) is 1.76. The summed E-state index contributed by atoms with van der Waals surface area (Å²) in [7, 11) is 1.68. The van der Waals surface area contributed by atoms with Crippen LogP contribution in [0.5, 0.6) is 0 Å². The molecule has 5 nitrogen and oxygen atoms in total. The summed E-state index contributed by atoms with van der Waals surface area (Å²) in [5.74, 6) is -0.249. The lowest BCUT2D eigenvalue weighted by Crippen LogP contribution is -2.22. The van der Waals surface area contributed by atoms with Gasteiger partial charge in [0.15, 0.2) is 0 Å². The summed E-state index contributed by atoms with van der Waals surface area (Å²) >= 11 is 0. The van der Waals surface area contributed by atoms with Crippen molar-refractivity contribution in [2.24, 2.45) is 0 Å². The maximum Gasteiger partial charge on any atom is 0.261 e. The quantitative estimate of drug-likeness (QED) is 0.602. The van der Waals surface area contributed by atoms with E-state index in [0.29, 0.717) is 24.0 Å². The van der Waals surface area contributed by atoms with Crippen LogP contribution < -0.4 is 5.48 Å². The number of nitrogens with one attached hydrogen (secondary N) is 1. The summed E-state index contributed by atoms with van der Waals surface area (Å²) in [5, 5.41) is 0. The van der Waals surface area contributed by atoms with Crippen molar-refractivity contribution in [3.8, 4) is 0 Å². The second-order valence-electron chi connectivity index (χ2n) is 5.16. The first-order chi connectivity index (χ1) is 11.4. The second-order valence-corrected chi connectivity index (χ2v) is 7.70. The Hall–Kier alpha value is -1.89. The molecule has 2 aromatic rings. The van der Waals surface area contributed by atoms with E-state index in [4.69, 9.17) is 15.5 Å². The first kappa shape index (κ1) is 18.4. The average Bonchev–Trinajstić information content (AvgIpc) is 2.56. The molecule has 0 fully saturated rings. The van der Waals surface area contributed by atoms with Crippen LogP contribution >= 0.6 is 10.7 Å². The zero-order valence-electron chi connectivity index (χ0n) is 13.2. The summed E-state index contributed by atoms with van der Waals surface area (Å²) in [4.78, 5) is 16.5. The molecule has 7 heteroatoms. The van der Waals surface area contributed by atoms with E-state index in [0.717, 1.165) is 5.56 Å². The van der Waals surface area contributed by atoms with Gasteiger partial charge in [0.1, 0.15) is 6.61 Å². The van der Waals surface area contributed by atoms with E-state index in [1.54, 1.807) is 19.1 Å². The van der Waals surface area contributed by atoms with Crippen LogP contribution in [-0.4, -0.2) is 14.3 Å². The molecule has 0 spiro atoms. The Bertz CT molecular complexity index is 807. The van der Waals surface area contributed by atoms with Crippen molar-refractivity contribution in [1.29, 1.82) is 0 Å². The SMILES string of the molecule is CCC(=O)NOCc1cccc(S(=O)(=O)Cl)c1Cc1ccccc1. The normalized spacial score (nSPS) is 11.2. The van der Waals surface area contributed by atoms with Crippen molar-refractivity contribution in [2.45, 2.75) is 31.3 Å². The minimum Gasteiger partial charge on any atom is -0.273 e. The predicted octanol–water partition coefficient (Wildman–Crippen LogP) is 3.16. The highest BCUT2D eigenvalue weighted by molar-refractivity contribution is 8.13. The Kier molecular flexibility index (Phi) is 6.36. The minimum absolute atomic E-state index is 0.0498.